The van der Waals surface area contributed by atoms with E-state index in [1.54, 1.807) is 23.2 Å². The fourth-order valence-electron chi connectivity index (χ4n) is 1.45. The van der Waals surface area contributed by atoms with Crippen molar-refractivity contribution in [2.24, 2.45) is 5.73 Å². The van der Waals surface area contributed by atoms with Crippen LogP contribution in [0.4, 0.5) is 8.78 Å². The smallest absolute Gasteiger partial charge is 0.159 e. The number of rotatable bonds is 3. The molecule has 2 N–H and O–H groups in total. The van der Waals surface area contributed by atoms with Gasteiger partial charge in [-0.25, -0.2) is 13.8 Å². The highest BCUT2D eigenvalue weighted by atomic mass is 19.2. The molecule has 0 saturated heterocycles. The number of aromatic nitrogens is 2. The first-order valence-corrected chi connectivity index (χ1v) is 4.83. The van der Waals surface area contributed by atoms with Gasteiger partial charge in [0.2, 0.25) is 0 Å². The third-order valence-electron chi connectivity index (χ3n) is 2.25. The Morgan fingerprint density at radius 2 is 2.06 bits per heavy atom. The zero-order chi connectivity index (χ0) is 11.5. The van der Waals surface area contributed by atoms with Gasteiger partial charge in [-0.3, -0.25) is 0 Å². The number of nitrogens with two attached hydrogens (primary N) is 1. The lowest BCUT2D eigenvalue weighted by Crippen LogP contribution is -1.99. The summed E-state index contributed by atoms with van der Waals surface area (Å²) in [6.45, 7) is 0.814. The Morgan fingerprint density at radius 1 is 1.25 bits per heavy atom. The number of benzene rings is 1. The van der Waals surface area contributed by atoms with Crippen molar-refractivity contribution in [1.29, 1.82) is 0 Å². The SMILES string of the molecule is NCc1cn(Cc2ccc(F)c(F)c2)cn1. The van der Waals surface area contributed by atoms with E-state index in [1.807, 2.05) is 0 Å². The summed E-state index contributed by atoms with van der Waals surface area (Å²) in [5, 5.41) is 0. The summed E-state index contributed by atoms with van der Waals surface area (Å²) in [6.07, 6.45) is 3.39. The molecule has 0 amide bonds. The van der Waals surface area contributed by atoms with E-state index in [-0.39, 0.29) is 0 Å². The second kappa shape index (κ2) is 4.40. The van der Waals surface area contributed by atoms with Crippen LogP contribution in [-0.4, -0.2) is 9.55 Å². The molecule has 1 aromatic heterocycles. The molecule has 2 aromatic rings. The normalized spacial score (nSPS) is 10.7. The Hall–Kier alpha value is -1.75. The van der Waals surface area contributed by atoms with Crippen molar-refractivity contribution < 1.29 is 8.78 Å². The average molecular weight is 223 g/mol. The van der Waals surface area contributed by atoms with Gasteiger partial charge >= 0.3 is 0 Å². The lowest BCUT2D eigenvalue weighted by Gasteiger charge is -2.02. The van der Waals surface area contributed by atoms with Crippen LogP contribution in [0.25, 0.3) is 0 Å². The third kappa shape index (κ3) is 2.25. The minimum Gasteiger partial charge on any atom is -0.333 e. The summed E-state index contributed by atoms with van der Waals surface area (Å²) in [7, 11) is 0. The van der Waals surface area contributed by atoms with Gasteiger partial charge in [0.1, 0.15) is 0 Å². The minimum atomic E-state index is -0.836. The highest BCUT2D eigenvalue weighted by Crippen LogP contribution is 2.10. The maximum absolute atomic E-state index is 12.9. The van der Waals surface area contributed by atoms with Gasteiger partial charge in [-0.1, -0.05) is 6.07 Å². The van der Waals surface area contributed by atoms with E-state index in [4.69, 9.17) is 5.73 Å². The Labute approximate surface area is 91.5 Å². The van der Waals surface area contributed by atoms with Gasteiger partial charge in [-0.05, 0) is 17.7 Å². The van der Waals surface area contributed by atoms with Crippen LogP contribution in [0, 0.1) is 11.6 Å². The van der Waals surface area contributed by atoms with E-state index in [0.717, 1.165) is 11.8 Å². The fraction of sp³-hybridized carbons (Fsp3) is 0.182. The van der Waals surface area contributed by atoms with Crippen molar-refractivity contribution >= 4 is 0 Å². The first-order valence-electron chi connectivity index (χ1n) is 4.83. The summed E-state index contributed by atoms with van der Waals surface area (Å²) in [5.74, 6) is -1.67. The number of halogens is 2. The summed E-state index contributed by atoms with van der Waals surface area (Å²) in [6, 6.07) is 3.84. The van der Waals surface area contributed by atoms with E-state index < -0.39 is 11.6 Å². The topological polar surface area (TPSA) is 43.8 Å². The molecule has 3 nitrogen and oxygen atoms in total. The molecule has 16 heavy (non-hydrogen) atoms. The highest BCUT2D eigenvalue weighted by molar-refractivity contribution is 5.18. The van der Waals surface area contributed by atoms with Gasteiger partial charge in [-0.2, -0.15) is 0 Å². The van der Waals surface area contributed by atoms with Crippen molar-refractivity contribution in [3.8, 4) is 0 Å². The molecule has 0 aliphatic heterocycles. The molecule has 0 saturated carbocycles. The molecule has 1 aromatic carbocycles. The zero-order valence-electron chi connectivity index (χ0n) is 8.53. The van der Waals surface area contributed by atoms with E-state index in [9.17, 15) is 8.78 Å². The number of hydrogen-bond acceptors (Lipinski definition) is 2. The van der Waals surface area contributed by atoms with Crippen LogP contribution in [0.1, 0.15) is 11.3 Å². The molecule has 0 bridgehead atoms. The highest BCUT2D eigenvalue weighted by Gasteiger charge is 2.03. The lowest BCUT2D eigenvalue weighted by molar-refractivity contribution is 0.506. The molecular formula is C11H11F2N3. The lowest BCUT2D eigenvalue weighted by atomic mass is 10.2. The zero-order valence-corrected chi connectivity index (χ0v) is 8.53. The number of imidazole rings is 1. The maximum atomic E-state index is 12.9. The predicted molar refractivity (Wildman–Crippen MR) is 55.6 cm³/mol. The van der Waals surface area contributed by atoms with Crippen LogP contribution >= 0.6 is 0 Å². The van der Waals surface area contributed by atoms with Gasteiger partial charge in [0.25, 0.3) is 0 Å². The van der Waals surface area contributed by atoms with E-state index >= 15 is 0 Å². The standard InChI is InChI=1S/C11H11F2N3/c12-10-2-1-8(3-11(10)13)5-16-6-9(4-14)15-7-16/h1-3,6-7H,4-5,14H2. The Bertz CT molecular complexity index is 494. The van der Waals surface area contributed by atoms with Gasteiger partial charge in [0.15, 0.2) is 11.6 Å². The van der Waals surface area contributed by atoms with Crippen LogP contribution < -0.4 is 5.73 Å². The second-order valence-electron chi connectivity index (χ2n) is 3.49. The monoisotopic (exact) mass is 223 g/mol. The van der Waals surface area contributed by atoms with Crippen LogP contribution in [-0.2, 0) is 13.1 Å². The predicted octanol–water partition coefficient (Wildman–Crippen LogP) is 1.67. The van der Waals surface area contributed by atoms with Crippen molar-refractivity contribution in [2.75, 3.05) is 0 Å². The molecule has 0 atom stereocenters. The van der Waals surface area contributed by atoms with Crippen molar-refractivity contribution in [1.82, 2.24) is 9.55 Å². The van der Waals surface area contributed by atoms with E-state index in [0.29, 0.717) is 18.7 Å². The molecular weight excluding hydrogens is 212 g/mol. The first-order chi connectivity index (χ1) is 7.69. The number of nitrogens with zero attached hydrogens (tertiary/aromatic N) is 2. The largest absolute Gasteiger partial charge is 0.333 e. The molecule has 0 radical (unpaired) electrons. The van der Waals surface area contributed by atoms with Crippen molar-refractivity contribution in [3.05, 3.63) is 53.6 Å². The molecule has 0 fully saturated rings. The van der Waals surface area contributed by atoms with Crippen molar-refractivity contribution in [2.45, 2.75) is 13.1 Å². The Kier molecular flexibility index (Phi) is 2.96. The summed E-state index contributed by atoms with van der Waals surface area (Å²) in [4.78, 5) is 4.04. The van der Waals surface area contributed by atoms with E-state index in [1.165, 1.54) is 6.07 Å². The van der Waals surface area contributed by atoms with Gasteiger partial charge in [0, 0.05) is 19.3 Å². The Morgan fingerprint density at radius 3 is 2.69 bits per heavy atom. The average Bonchev–Trinajstić information content (AvgIpc) is 2.71. The fourth-order valence-corrected chi connectivity index (χ4v) is 1.45. The molecule has 2 rings (SSSR count). The summed E-state index contributed by atoms with van der Waals surface area (Å²) < 4.78 is 27.4. The molecule has 1 heterocycles. The third-order valence-corrected chi connectivity index (χ3v) is 2.25. The van der Waals surface area contributed by atoms with Gasteiger partial charge < -0.3 is 10.3 Å². The van der Waals surface area contributed by atoms with Gasteiger partial charge in [0.05, 0.1) is 12.0 Å². The molecule has 5 heteroatoms. The Balaban J connectivity index is 2.17. The minimum absolute atomic E-state index is 0.366. The van der Waals surface area contributed by atoms with Crippen LogP contribution in [0.5, 0.6) is 0 Å². The maximum Gasteiger partial charge on any atom is 0.159 e. The van der Waals surface area contributed by atoms with Crippen LogP contribution in [0.2, 0.25) is 0 Å². The first kappa shape index (κ1) is 10.8. The molecule has 0 aliphatic rings. The van der Waals surface area contributed by atoms with Crippen molar-refractivity contribution in [3.63, 3.8) is 0 Å². The number of hydrogen-bond donors (Lipinski definition) is 1. The molecule has 0 spiro atoms. The summed E-state index contributed by atoms with van der Waals surface area (Å²) in [5.41, 5.74) is 6.86. The quantitative estimate of drug-likeness (QED) is 0.860. The van der Waals surface area contributed by atoms with Gasteiger partial charge in [-0.15, -0.1) is 0 Å². The molecule has 0 unspecified atom stereocenters. The second-order valence-corrected chi connectivity index (χ2v) is 3.49. The van der Waals surface area contributed by atoms with E-state index in [2.05, 4.69) is 4.98 Å². The van der Waals surface area contributed by atoms with Crippen LogP contribution in [0.15, 0.2) is 30.7 Å². The summed E-state index contributed by atoms with van der Waals surface area (Å²) >= 11 is 0. The van der Waals surface area contributed by atoms with Crippen LogP contribution in [0.3, 0.4) is 0 Å². The molecule has 0 aliphatic carbocycles. The molecule has 84 valence electrons.